The van der Waals surface area contributed by atoms with Crippen LogP contribution in [-0.2, 0) is 0 Å². The van der Waals surface area contributed by atoms with Gasteiger partial charge >= 0.3 is 0 Å². The normalized spacial score (nSPS) is 14.8. The van der Waals surface area contributed by atoms with Crippen LogP contribution in [0.25, 0.3) is 11.4 Å². The Morgan fingerprint density at radius 3 is 2.71 bits per heavy atom. The number of nitrogens with zero attached hydrogens (tertiary/aromatic N) is 2. The van der Waals surface area contributed by atoms with Crippen molar-refractivity contribution >= 4 is 35.4 Å². The van der Waals surface area contributed by atoms with Crippen molar-refractivity contribution in [1.82, 2.24) is 15.2 Å². The lowest BCUT2D eigenvalue weighted by Crippen LogP contribution is -2.13. The van der Waals surface area contributed by atoms with E-state index in [1.54, 1.807) is 18.6 Å². The average Bonchev–Trinajstić information content (AvgIpc) is 3.36. The zero-order valence-electron chi connectivity index (χ0n) is 12.6. The molecule has 4 rings (SSSR count). The van der Waals surface area contributed by atoms with E-state index in [4.69, 9.17) is 4.42 Å². The maximum Gasteiger partial charge on any atom is 0.258 e. The van der Waals surface area contributed by atoms with E-state index >= 15 is 0 Å². The molecule has 1 aliphatic heterocycles. The van der Waals surface area contributed by atoms with Crippen molar-refractivity contribution < 1.29 is 9.21 Å². The summed E-state index contributed by atoms with van der Waals surface area (Å²) in [5.74, 6) is 2.92. The summed E-state index contributed by atoms with van der Waals surface area (Å²) in [6.07, 6.45) is 3.11. The van der Waals surface area contributed by atoms with Gasteiger partial charge in [0.2, 0.25) is 5.95 Å². The van der Waals surface area contributed by atoms with Gasteiger partial charge in [-0.1, -0.05) is 12.1 Å². The number of carbonyl (C=O) groups is 1. The molecule has 6 nitrogen and oxygen atoms in total. The van der Waals surface area contributed by atoms with Gasteiger partial charge in [0.1, 0.15) is 6.26 Å². The fraction of sp³-hybridized carbons (Fsp3) is 0.188. The molecule has 1 aliphatic rings. The Kier molecular flexibility index (Phi) is 4.31. The molecule has 0 spiro atoms. The highest BCUT2D eigenvalue weighted by molar-refractivity contribution is 8.19. The first-order chi connectivity index (χ1) is 11.8. The maximum absolute atomic E-state index is 12.3. The highest BCUT2D eigenvalue weighted by atomic mass is 32.2. The summed E-state index contributed by atoms with van der Waals surface area (Å²) < 4.78 is 5.48. The van der Waals surface area contributed by atoms with Gasteiger partial charge in [0, 0.05) is 17.1 Å². The highest BCUT2D eigenvalue weighted by Gasteiger charge is 2.18. The Morgan fingerprint density at radius 2 is 2.00 bits per heavy atom. The standard InChI is InChI=1S/C16H14N4O2S2/c21-14(10-1-3-11(4-2-10)15-23-7-8-24-15)18-16-17-13(19-20-16)12-5-6-22-9-12/h1-6,9,15H,7-8H2,(H2,17,18,19,20,21). The number of rotatable bonds is 4. The minimum absolute atomic E-state index is 0.231. The third kappa shape index (κ3) is 3.20. The van der Waals surface area contributed by atoms with Crippen LogP contribution in [0.5, 0.6) is 0 Å². The number of hydrogen-bond donors (Lipinski definition) is 2. The first kappa shape index (κ1) is 15.3. The molecule has 1 saturated heterocycles. The van der Waals surface area contributed by atoms with Gasteiger partial charge in [0.15, 0.2) is 5.82 Å². The molecule has 1 aromatic carbocycles. The van der Waals surface area contributed by atoms with Crippen molar-refractivity contribution in [2.75, 3.05) is 16.8 Å². The Hall–Kier alpha value is -2.19. The lowest BCUT2D eigenvalue weighted by molar-refractivity contribution is 0.102. The van der Waals surface area contributed by atoms with Gasteiger partial charge in [-0.2, -0.15) is 4.98 Å². The van der Waals surface area contributed by atoms with E-state index in [1.165, 1.54) is 17.1 Å². The Balaban J connectivity index is 1.44. The first-order valence-electron chi connectivity index (χ1n) is 7.39. The Morgan fingerprint density at radius 1 is 1.21 bits per heavy atom. The maximum atomic E-state index is 12.3. The van der Waals surface area contributed by atoms with Crippen LogP contribution in [0.2, 0.25) is 0 Å². The molecular formula is C16H14N4O2S2. The molecular weight excluding hydrogens is 344 g/mol. The summed E-state index contributed by atoms with van der Waals surface area (Å²) in [5.41, 5.74) is 2.61. The molecule has 1 amide bonds. The average molecular weight is 358 g/mol. The molecule has 0 radical (unpaired) electrons. The number of H-pyrrole nitrogens is 1. The summed E-state index contributed by atoms with van der Waals surface area (Å²) in [7, 11) is 0. The molecule has 0 atom stereocenters. The SMILES string of the molecule is O=C(Nc1n[nH]c(-c2ccoc2)n1)c1ccc(C2SCCS2)cc1. The fourth-order valence-corrected chi connectivity index (χ4v) is 5.22. The van der Waals surface area contributed by atoms with Crippen LogP contribution in [-0.4, -0.2) is 32.6 Å². The summed E-state index contributed by atoms with van der Waals surface area (Å²) in [5, 5.41) is 9.47. The quantitative estimate of drug-likeness (QED) is 0.738. The number of carbonyl (C=O) groups excluding carboxylic acids is 1. The van der Waals surface area contributed by atoms with E-state index in [-0.39, 0.29) is 11.9 Å². The number of hydrogen-bond acceptors (Lipinski definition) is 6. The molecule has 2 N–H and O–H groups in total. The van der Waals surface area contributed by atoms with Crippen LogP contribution in [0.15, 0.2) is 47.3 Å². The van der Waals surface area contributed by atoms with Crippen LogP contribution in [0, 0.1) is 0 Å². The van der Waals surface area contributed by atoms with Gasteiger partial charge in [0.25, 0.3) is 5.91 Å². The highest BCUT2D eigenvalue weighted by Crippen LogP contribution is 2.45. The van der Waals surface area contributed by atoms with Gasteiger partial charge in [-0.3, -0.25) is 15.2 Å². The van der Waals surface area contributed by atoms with Crippen molar-refractivity contribution in [3.63, 3.8) is 0 Å². The lowest BCUT2D eigenvalue weighted by atomic mass is 10.1. The minimum atomic E-state index is -0.231. The van der Waals surface area contributed by atoms with Gasteiger partial charge < -0.3 is 4.42 Å². The molecule has 0 unspecified atom stereocenters. The second kappa shape index (κ2) is 6.74. The molecule has 1 fully saturated rings. The summed E-state index contributed by atoms with van der Waals surface area (Å²) in [6, 6.07) is 9.48. The van der Waals surface area contributed by atoms with E-state index in [0.717, 1.165) is 5.56 Å². The predicted octanol–water partition coefficient (Wildman–Crippen LogP) is 3.80. The molecule has 2 aromatic heterocycles. The van der Waals surface area contributed by atoms with Gasteiger partial charge in [-0.25, -0.2) is 0 Å². The van der Waals surface area contributed by atoms with E-state index in [9.17, 15) is 4.79 Å². The van der Waals surface area contributed by atoms with E-state index in [1.807, 2.05) is 47.8 Å². The largest absolute Gasteiger partial charge is 0.472 e. The summed E-state index contributed by atoms with van der Waals surface area (Å²) in [4.78, 5) is 16.5. The van der Waals surface area contributed by atoms with Crippen molar-refractivity contribution in [3.8, 4) is 11.4 Å². The molecule has 8 heteroatoms. The number of aromatic nitrogens is 3. The minimum Gasteiger partial charge on any atom is -0.472 e. The number of nitrogens with one attached hydrogen (secondary N) is 2. The Labute approximate surface area is 146 Å². The van der Waals surface area contributed by atoms with Gasteiger partial charge in [0.05, 0.1) is 16.4 Å². The number of aromatic amines is 1. The molecule has 3 aromatic rings. The van der Waals surface area contributed by atoms with Crippen molar-refractivity contribution in [2.24, 2.45) is 0 Å². The third-order valence-electron chi connectivity index (χ3n) is 3.57. The number of furan rings is 1. The number of benzene rings is 1. The fourth-order valence-electron chi connectivity index (χ4n) is 2.36. The molecule has 0 saturated carbocycles. The van der Waals surface area contributed by atoms with Crippen LogP contribution in [0.1, 0.15) is 20.5 Å². The van der Waals surface area contributed by atoms with Crippen molar-refractivity contribution in [2.45, 2.75) is 4.58 Å². The number of amides is 1. The zero-order chi connectivity index (χ0) is 16.4. The second-order valence-electron chi connectivity index (χ2n) is 5.17. The van der Waals surface area contributed by atoms with Gasteiger partial charge in [-0.05, 0) is 23.8 Å². The van der Waals surface area contributed by atoms with Gasteiger partial charge in [-0.15, -0.1) is 28.6 Å². The molecule has 3 heterocycles. The smallest absolute Gasteiger partial charge is 0.258 e. The molecule has 24 heavy (non-hydrogen) atoms. The molecule has 0 bridgehead atoms. The first-order valence-corrected chi connectivity index (χ1v) is 9.49. The monoisotopic (exact) mass is 358 g/mol. The zero-order valence-corrected chi connectivity index (χ0v) is 14.2. The van der Waals surface area contributed by atoms with Crippen molar-refractivity contribution in [3.05, 3.63) is 54.0 Å². The van der Waals surface area contributed by atoms with Crippen LogP contribution in [0.3, 0.4) is 0 Å². The van der Waals surface area contributed by atoms with E-state index < -0.39 is 0 Å². The van der Waals surface area contributed by atoms with E-state index in [0.29, 0.717) is 16.0 Å². The lowest BCUT2D eigenvalue weighted by Gasteiger charge is -2.08. The summed E-state index contributed by atoms with van der Waals surface area (Å²) >= 11 is 3.89. The van der Waals surface area contributed by atoms with Crippen molar-refractivity contribution in [1.29, 1.82) is 0 Å². The predicted molar refractivity (Wildman–Crippen MR) is 96.1 cm³/mol. The third-order valence-corrected chi connectivity index (χ3v) is 6.68. The number of thioether (sulfide) groups is 2. The second-order valence-corrected chi connectivity index (χ2v) is 7.89. The van der Waals surface area contributed by atoms with Crippen LogP contribution >= 0.6 is 23.5 Å². The summed E-state index contributed by atoms with van der Waals surface area (Å²) in [6.45, 7) is 0. The molecule has 122 valence electrons. The van der Waals surface area contributed by atoms with Crippen LogP contribution < -0.4 is 5.32 Å². The van der Waals surface area contributed by atoms with Crippen LogP contribution in [0.4, 0.5) is 5.95 Å². The molecule has 0 aliphatic carbocycles. The Bertz CT molecular complexity index is 824. The van der Waals surface area contributed by atoms with E-state index in [2.05, 4.69) is 20.5 Å². The topological polar surface area (TPSA) is 83.8 Å². The number of anilines is 1.